The maximum Gasteiger partial charge on any atom is 0.284 e. The molecular formula is C17H20N6O2. The minimum atomic E-state index is -0.389. The number of carbonyl (C=O) groups is 1. The summed E-state index contributed by atoms with van der Waals surface area (Å²) in [5.74, 6) is -0.250. The van der Waals surface area contributed by atoms with Crippen LogP contribution in [0.2, 0.25) is 0 Å². The Kier molecular flexibility index (Phi) is 4.35. The molecule has 25 heavy (non-hydrogen) atoms. The maximum absolute atomic E-state index is 12.6. The summed E-state index contributed by atoms with van der Waals surface area (Å²) < 4.78 is 2.77. The van der Waals surface area contributed by atoms with Crippen molar-refractivity contribution in [2.45, 2.75) is 40.3 Å². The number of nitrogens with one attached hydrogen (secondary N) is 1. The Morgan fingerprint density at radius 3 is 2.52 bits per heavy atom. The topological polar surface area (TPSA) is 94.7 Å². The lowest BCUT2D eigenvalue weighted by Gasteiger charge is -2.09. The first-order valence-electron chi connectivity index (χ1n) is 8.04. The average molecular weight is 340 g/mol. The van der Waals surface area contributed by atoms with E-state index in [1.54, 1.807) is 0 Å². The van der Waals surface area contributed by atoms with E-state index in [-0.39, 0.29) is 29.6 Å². The van der Waals surface area contributed by atoms with E-state index < -0.39 is 0 Å². The van der Waals surface area contributed by atoms with Crippen LogP contribution in [-0.4, -0.2) is 36.5 Å². The zero-order valence-corrected chi connectivity index (χ0v) is 14.6. The van der Waals surface area contributed by atoms with Crippen molar-refractivity contribution in [1.29, 1.82) is 0 Å². The van der Waals surface area contributed by atoms with Crippen molar-refractivity contribution in [1.82, 2.24) is 29.9 Å². The Bertz CT molecular complexity index is 982. The van der Waals surface area contributed by atoms with Crippen molar-refractivity contribution in [2.75, 3.05) is 0 Å². The van der Waals surface area contributed by atoms with Gasteiger partial charge in [0.1, 0.15) is 12.9 Å². The van der Waals surface area contributed by atoms with Gasteiger partial charge in [-0.2, -0.15) is 4.68 Å². The van der Waals surface area contributed by atoms with Crippen LogP contribution in [0.5, 0.6) is 0 Å². The Hall–Kier alpha value is -3.03. The van der Waals surface area contributed by atoms with Gasteiger partial charge in [-0.1, -0.05) is 11.3 Å². The van der Waals surface area contributed by atoms with E-state index in [1.807, 2.05) is 39.8 Å². The van der Waals surface area contributed by atoms with Crippen molar-refractivity contribution >= 4 is 17.1 Å². The van der Waals surface area contributed by atoms with Gasteiger partial charge in [-0.25, -0.2) is 4.98 Å². The van der Waals surface area contributed by atoms with E-state index in [0.717, 1.165) is 16.8 Å². The second kappa shape index (κ2) is 6.46. The standard InChI is InChI=1S/C17H20N6O2/c1-10(2)19-14(24)8-22-9-18-16-15(17(22)25)20-21-23(16)13-6-11(3)5-12(4)7-13/h5-7,9-10H,8H2,1-4H3,(H,19,24). The van der Waals surface area contributed by atoms with Gasteiger partial charge < -0.3 is 5.32 Å². The van der Waals surface area contributed by atoms with Crippen LogP contribution in [0.4, 0.5) is 0 Å². The first-order chi connectivity index (χ1) is 11.8. The van der Waals surface area contributed by atoms with E-state index in [1.165, 1.54) is 15.6 Å². The maximum atomic E-state index is 12.6. The molecule has 0 saturated carbocycles. The van der Waals surface area contributed by atoms with Crippen LogP contribution in [0.15, 0.2) is 29.3 Å². The van der Waals surface area contributed by atoms with Crippen LogP contribution < -0.4 is 10.9 Å². The second-order valence-corrected chi connectivity index (χ2v) is 6.42. The lowest BCUT2D eigenvalue weighted by molar-refractivity contribution is -0.122. The third-order valence-electron chi connectivity index (χ3n) is 3.64. The molecule has 8 heteroatoms. The van der Waals surface area contributed by atoms with Crippen molar-refractivity contribution in [2.24, 2.45) is 0 Å². The van der Waals surface area contributed by atoms with Crippen LogP contribution in [0.3, 0.4) is 0 Å². The Morgan fingerprint density at radius 2 is 1.88 bits per heavy atom. The fourth-order valence-corrected chi connectivity index (χ4v) is 2.73. The van der Waals surface area contributed by atoms with Crippen LogP contribution in [0.25, 0.3) is 16.9 Å². The number of nitrogens with zero attached hydrogens (tertiary/aromatic N) is 5. The third-order valence-corrected chi connectivity index (χ3v) is 3.64. The molecule has 3 aromatic rings. The number of amides is 1. The van der Waals surface area contributed by atoms with Gasteiger partial charge in [-0.05, 0) is 51.0 Å². The molecule has 1 amide bonds. The van der Waals surface area contributed by atoms with Gasteiger partial charge in [0.2, 0.25) is 5.91 Å². The van der Waals surface area contributed by atoms with E-state index in [2.05, 4.69) is 26.7 Å². The van der Waals surface area contributed by atoms with Gasteiger partial charge in [0.25, 0.3) is 5.56 Å². The molecule has 0 bridgehead atoms. The van der Waals surface area contributed by atoms with Crippen LogP contribution in [0.1, 0.15) is 25.0 Å². The zero-order valence-electron chi connectivity index (χ0n) is 14.6. The quantitative estimate of drug-likeness (QED) is 0.768. The highest BCUT2D eigenvalue weighted by Gasteiger charge is 2.15. The number of hydrogen-bond donors (Lipinski definition) is 1. The largest absolute Gasteiger partial charge is 0.352 e. The molecule has 1 N–H and O–H groups in total. The fraction of sp³-hybridized carbons (Fsp3) is 0.353. The minimum absolute atomic E-state index is 0.00493. The first kappa shape index (κ1) is 16.8. The van der Waals surface area contributed by atoms with Crippen molar-refractivity contribution in [3.05, 3.63) is 46.0 Å². The third kappa shape index (κ3) is 3.42. The molecule has 0 unspecified atom stereocenters. The highest BCUT2D eigenvalue weighted by atomic mass is 16.2. The summed E-state index contributed by atoms with van der Waals surface area (Å²) in [6.45, 7) is 7.60. The summed E-state index contributed by atoms with van der Waals surface area (Å²) in [7, 11) is 0. The monoisotopic (exact) mass is 340 g/mol. The minimum Gasteiger partial charge on any atom is -0.352 e. The Balaban J connectivity index is 2.02. The molecule has 0 aliphatic rings. The molecule has 0 aliphatic carbocycles. The lowest BCUT2D eigenvalue weighted by Crippen LogP contribution is -2.36. The lowest BCUT2D eigenvalue weighted by atomic mass is 10.1. The summed E-state index contributed by atoms with van der Waals surface area (Å²) in [5.41, 5.74) is 3.07. The average Bonchev–Trinajstić information content (AvgIpc) is 2.93. The van der Waals surface area contributed by atoms with Gasteiger partial charge in [-0.3, -0.25) is 14.2 Å². The van der Waals surface area contributed by atoms with Gasteiger partial charge >= 0.3 is 0 Å². The molecule has 0 spiro atoms. The summed E-state index contributed by atoms with van der Waals surface area (Å²) in [6, 6.07) is 5.95. The van der Waals surface area contributed by atoms with E-state index >= 15 is 0 Å². The van der Waals surface area contributed by atoms with Gasteiger partial charge in [0.05, 0.1) is 5.69 Å². The molecule has 1 aromatic carbocycles. The predicted octanol–water partition coefficient (Wildman–Crippen LogP) is 1.12. The molecule has 0 fully saturated rings. The van der Waals surface area contributed by atoms with Gasteiger partial charge in [0.15, 0.2) is 11.2 Å². The molecule has 2 heterocycles. The molecule has 0 saturated heterocycles. The fourth-order valence-electron chi connectivity index (χ4n) is 2.73. The van der Waals surface area contributed by atoms with Crippen LogP contribution in [-0.2, 0) is 11.3 Å². The molecule has 3 rings (SSSR count). The second-order valence-electron chi connectivity index (χ2n) is 6.42. The number of aryl methyl sites for hydroxylation is 2. The molecule has 8 nitrogen and oxygen atoms in total. The number of benzene rings is 1. The normalized spacial score (nSPS) is 11.2. The van der Waals surface area contributed by atoms with Crippen LogP contribution >= 0.6 is 0 Å². The molecule has 130 valence electrons. The summed E-state index contributed by atoms with van der Waals surface area (Å²) in [4.78, 5) is 28.7. The summed E-state index contributed by atoms with van der Waals surface area (Å²) in [5, 5.41) is 10.8. The van der Waals surface area contributed by atoms with E-state index in [0.29, 0.717) is 5.65 Å². The molecule has 0 radical (unpaired) electrons. The Morgan fingerprint density at radius 1 is 1.20 bits per heavy atom. The Labute approximate surface area is 144 Å². The SMILES string of the molecule is Cc1cc(C)cc(-n2nnc3c(=O)n(CC(=O)NC(C)C)cnc32)c1. The van der Waals surface area contributed by atoms with Crippen molar-refractivity contribution in [3.8, 4) is 5.69 Å². The number of fused-ring (bicyclic) bond motifs is 1. The number of hydrogen-bond acceptors (Lipinski definition) is 5. The highest BCUT2D eigenvalue weighted by molar-refractivity contribution is 5.76. The smallest absolute Gasteiger partial charge is 0.284 e. The van der Waals surface area contributed by atoms with Crippen molar-refractivity contribution in [3.63, 3.8) is 0 Å². The highest BCUT2D eigenvalue weighted by Crippen LogP contribution is 2.15. The molecule has 2 aromatic heterocycles. The summed E-state index contributed by atoms with van der Waals surface area (Å²) >= 11 is 0. The molecular weight excluding hydrogens is 320 g/mol. The number of carbonyl (C=O) groups excluding carboxylic acids is 1. The van der Waals surface area contributed by atoms with E-state index in [4.69, 9.17) is 0 Å². The summed E-state index contributed by atoms with van der Waals surface area (Å²) in [6.07, 6.45) is 1.35. The first-order valence-corrected chi connectivity index (χ1v) is 8.04. The van der Waals surface area contributed by atoms with Crippen molar-refractivity contribution < 1.29 is 4.79 Å². The zero-order chi connectivity index (χ0) is 18.1. The predicted molar refractivity (Wildman–Crippen MR) is 93.7 cm³/mol. The van der Waals surface area contributed by atoms with Gasteiger partial charge in [0, 0.05) is 6.04 Å². The number of rotatable bonds is 4. The van der Waals surface area contributed by atoms with Crippen LogP contribution in [0, 0.1) is 13.8 Å². The molecule has 0 aliphatic heterocycles. The van der Waals surface area contributed by atoms with Gasteiger partial charge in [-0.15, -0.1) is 5.10 Å². The van der Waals surface area contributed by atoms with E-state index in [9.17, 15) is 9.59 Å². The molecule has 0 atom stereocenters. The number of aromatic nitrogens is 5.